The number of aryl methyl sites for hydroxylation is 1. The standard InChI is InChI=1S/C17H19N5O2S/c1-10-6-11-12(7-17(2,3)8-14(11)24-10)19-16(23)15-13(4-5-25-15)22-9-18-20-21-22/h4-6,9,12H,7-8H2,1-3H3,(H,19,23). The summed E-state index contributed by atoms with van der Waals surface area (Å²) in [4.78, 5) is 13.5. The number of furan rings is 1. The number of carbonyl (C=O) groups excluding carboxylic acids is 1. The lowest BCUT2D eigenvalue weighted by atomic mass is 9.74. The number of hydrogen-bond acceptors (Lipinski definition) is 6. The summed E-state index contributed by atoms with van der Waals surface area (Å²) in [5.74, 6) is 1.74. The molecule has 3 aromatic heterocycles. The molecule has 0 radical (unpaired) electrons. The molecule has 1 N–H and O–H groups in total. The molecule has 0 saturated heterocycles. The number of thiophene rings is 1. The van der Waals surface area contributed by atoms with Gasteiger partial charge >= 0.3 is 0 Å². The second-order valence-electron chi connectivity index (χ2n) is 7.20. The molecule has 1 aliphatic rings. The van der Waals surface area contributed by atoms with Crippen molar-refractivity contribution in [1.29, 1.82) is 0 Å². The monoisotopic (exact) mass is 357 g/mol. The Morgan fingerprint density at radius 2 is 2.32 bits per heavy atom. The van der Waals surface area contributed by atoms with Crippen LogP contribution in [0.1, 0.15) is 53.1 Å². The second kappa shape index (κ2) is 5.80. The molecule has 0 fully saturated rings. The first-order valence-electron chi connectivity index (χ1n) is 8.14. The van der Waals surface area contributed by atoms with Crippen molar-refractivity contribution < 1.29 is 9.21 Å². The Morgan fingerprint density at radius 3 is 3.08 bits per heavy atom. The van der Waals surface area contributed by atoms with Crippen LogP contribution >= 0.6 is 11.3 Å². The van der Waals surface area contributed by atoms with E-state index in [1.54, 1.807) is 0 Å². The number of fused-ring (bicyclic) bond motifs is 1. The van der Waals surface area contributed by atoms with Gasteiger partial charge in [0, 0.05) is 12.0 Å². The lowest BCUT2D eigenvalue weighted by molar-refractivity contribution is 0.0921. The molecule has 0 saturated carbocycles. The smallest absolute Gasteiger partial charge is 0.264 e. The van der Waals surface area contributed by atoms with Crippen LogP contribution in [0.2, 0.25) is 0 Å². The van der Waals surface area contributed by atoms with Gasteiger partial charge in [-0.2, -0.15) is 4.68 Å². The molecular formula is C17H19N5O2S. The molecule has 3 aromatic rings. The van der Waals surface area contributed by atoms with Gasteiger partial charge in [0.25, 0.3) is 5.91 Å². The predicted octanol–water partition coefficient (Wildman–Crippen LogP) is 3.07. The molecular weight excluding hydrogens is 338 g/mol. The van der Waals surface area contributed by atoms with E-state index in [1.165, 1.54) is 22.3 Å². The van der Waals surface area contributed by atoms with Gasteiger partial charge < -0.3 is 9.73 Å². The third-order valence-corrected chi connectivity index (χ3v) is 5.39. The van der Waals surface area contributed by atoms with Crippen molar-refractivity contribution in [2.45, 2.75) is 39.7 Å². The van der Waals surface area contributed by atoms with Crippen molar-refractivity contribution >= 4 is 17.2 Å². The fourth-order valence-electron chi connectivity index (χ4n) is 3.46. The summed E-state index contributed by atoms with van der Waals surface area (Å²) in [6.07, 6.45) is 3.24. The van der Waals surface area contributed by atoms with E-state index >= 15 is 0 Å². The summed E-state index contributed by atoms with van der Waals surface area (Å²) in [7, 11) is 0. The molecule has 0 bridgehead atoms. The minimum Gasteiger partial charge on any atom is -0.466 e. The topological polar surface area (TPSA) is 85.8 Å². The van der Waals surface area contributed by atoms with Gasteiger partial charge in [-0.1, -0.05) is 13.8 Å². The zero-order valence-electron chi connectivity index (χ0n) is 14.3. The van der Waals surface area contributed by atoms with Crippen LogP contribution in [-0.2, 0) is 6.42 Å². The minimum atomic E-state index is -0.118. The van der Waals surface area contributed by atoms with Crippen LogP contribution in [0.25, 0.3) is 5.69 Å². The highest BCUT2D eigenvalue weighted by Gasteiger charge is 2.36. The average molecular weight is 357 g/mol. The third kappa shape index (κ3) is 2.97. The van der Waals surface area contributed by atoms with Gasteiger partial charge in [0.1, 0.15) is 22.7 Å². The predicted molar refractivity (Wildman–Crippen MR) is 92.8 cm³/mol. The van der Waals surface area contributed by atoms with E-state index in [2.05, 4.69) is 34.7 Å². The molecule has 130 valence electrons. The van der Waals surface area contributed by atoms with E-state index in [1.807, 2.05) is 24.4 Å². The lowest BCUT2D eigenvalue weighted by Crippen LogP contribution is -2.36. The molecule has 4 rings (SSSR count). The number of nitrogens with zero attached hydrogens (tertiary/aromatic N) is 4. The van der Waals surface area contributed by atoms with Crippen molar-refractivity contribution in [3.05, 3.63) is 45.8 Å². The molecule has 1 aliphatic carbocycles. The maximum absolute atomic E-state index is 12.9. The maximum atomic E-state index is 12.9. The van der Waals surface area contributed by atoms with Gasteiger partial charge in [-0.15, -0.1) is 16.4 Å². The molecule has 1 atom stereocenters. The van der Waals surface area contributed by atoms with Gasteiger partial charge in [-0.3, -0.25) is 4.79 Å². The van der Waals surface area contributed by atoms with Crippen LogP contribution in [0.15, 0.2) is 28.3 Å². The highest BCUT2D eigenvalue weighted by Crippen LogP contribution is 2.42. The number of carbonyl (C=O) groups is 1. The molecule has 1 unspecified atom stereocenters. The van der Waals surface area contributed by atoms with E-state index in [4.69, 9.17) is 4.42 Å². The van der Waals surface area contributed by atoms with Crippen molar-refractivity contribution in [1.82, 2.24) is 25.5 Å². The first kappa shape index (κ1) is 16.0. The fraction of sp³-hybridized carbons (Fsp3) is 0.412. The summed E-state index contributed by atoms with van der Waals surface area (Å²) in [5, 5.41) is 16.2. The number of aromatic nitrogens is 4. The molecule has 8 heteroatoms. The number of tetrazole rings is 1. The Morgan fingerprint density at radius 1 is 1.48 bits per heavy atom. The quantitative estimate of drug-likeness (QED) is 0.778. The minimum absolute atomic E-state index is 0.0625. The zero-order valence-corrected chi connectivity index (χ0v) is 15.1. The molecule has 1 amide bonds. The molecule has 3 heterocycles. The number of nitrogens with one attached hydrogen (secondary N) is 1. The molecule has 0 spiro atoms. The van der Waals surface area contributed by atoms with Crippen LogP contribution in [0.5, 0.6) is 0 Å². The fourth-order valence-corrected chi connectivity index (χ4v) is 4.24. The Hall–Kier alpha value is -2.48. The van der Waals surface area contributed by atoms with E-state index < -0.39 is 0 Å². The Kier molecular flexibility index (Phi) is 3.72. The first-order valence-corrected chi connectivity index (χ1v) is 9.02. The number of rotatable bonds is 3. The number of amides is 1. The van der Waals surface area contributed by atoms with Gasteiger partial charge in [0.2, 0.25) is 0 Å². The van der Waals surface area contributed by atoms with Gasteiger partial charge in [0.05, 0.1) is 11.7 Å². The Labute approximate surface area is 149 Å². The Balaban J connectivity index is 1.63. The van der Waals surface area contributed by atoms with Gasteiger partial charge in [-0.25, -0.2) is 0 Å². The molecule has 0 aromatic carbocycles. The second-order valence-corrected chi connectivity index (χ2v) is 8.11. The van der Waals surface area contributed by atoms with Crippen LogP contribution < -0.4 is 5.32 Å². The summed E-state index contributed by atoms with van der Waals surface area (Å²) in [5.41, 5.74) is 1.85. The summed E-state index contributed by atoms with van der Waals surface area (Å²) in [6, 6.07) is 3.81. The molecule has 7 nitrogen and oxygen atoms in total. The van der Waals surface area contributed by atoms with E-state index in [0.29, 0.717) is 10.6 Å². The van der Waals surface area contributed by atoms with Crippen LogP contribution in [0, 0.1) is 12.3 Å². The normalized spacial score (nSPS) is 18.8. The van der Waals surface area contributed by atoms with E-state index in [0.717, 1.165) is 29.9 Å². The van der Waals surface area contributed by atoms with E-state index in [9.17, 15) is 4.79 Å². The summed E-state index contributed by atoms with van der Waals surface area (Å²) in [6.45, 7) is 6.34. The summed E-state index contributed by atoms with van der Waals surface area (Å²) >= 11 is 1.38. The highest BCUT2D eigenvalue weighted by atomic mass is 32.1. The van der Waals surface area contributed by atoms with Crippen molar-refractivity contribution in [2.24, 2.45) is 5.41 Å². The Bertz CT molecular complexity index is 910. The van der Waals surface area contributed by atoms with Crippen molar-refractivity contribution in [3.63, 3.8) is 0 Å². The van der Waals surface area contributed by atoms with Gasteiger partial charge in [-0.05, 0) is 46.7 Å². The van der Waals surface area contributed by atoms with Crippen LogP contribution in [0.4, 0.5) is 0 Å². The SMILES string of the molecule is Cc1cc2c(o1)CC(C)(C)CC2NC(=O)c1sccc1-n1cnnn1. The van der Waals surface area contributed by atoms with Crippen molar-refractivity contribution in [3.8, 4) is 5.69 Å². The van der Waals surface area contributed by atoms with Crippen LogP contribution in [-0.4, -0.2) is 26.1 Å². The van der Waals surface area contributed by atoms with Gasteiger partial charge in [0.15, 0.2) is 0 Å². The largest absolute Gasteiger partial charge is 0.466 e. The third-order valence-electron chi connectivity index (χ3n) is 4.49. The lowest BCUT2D eigenvalue weighted by Gasteiger charge is -2.34. The number of hydrogen-bond donors (Lipinski definition) is 1. The molecule has 25 heavy (non-hydrogen) atoms. The summed E-state index contributed by atoms with van der Waals surface area (Å²) < 4.78 is 7.35. The highest BCUT2D eigenvalue weighted by molar-refractivity contribution is 7.12. The maximum Gasteiger partial charge on any atom is 0.264 e. The average Bonchev–Trinajstić information content (AvgIpc) is 3.24. The van der Waals surface area contributed by atoms with Crippen LogP contribution in [0.3, 0.4) is 0 Å². The molecule has 0 aliphatic heterocycles. The first-order chi connectivity index (χ1) is 11.9. The van der Waals surface area contributed by atoms with Crippen molar-refractivity contribution in [2.75, 3.05) is 0 Å². The zero-order chi connectivity index (χ0) is 17.6. The van der Waals surface area contributed by atoms with E-state index in [-0.39, 0.29) is 17.4 Å².